The third-order valence-electron chi connectivity index (χ3n) is 3.01. The Morgan fingerprint density at radius 1 is 1.29 bits per heavy atom. The van der Waals surface area contributed by atoms with E-state index in [-0.39, 0.29) is 30.1 Å². The first-order chi connectivity index (χ1) is 9.88. The monoisotopic (exact) mass is 310 g/mol. The van der Waals surface area contributed by atoms with Crippen molar-refractivity contribution < 1.29 is 19.4 Å². The number of rotatable bonds is 6. The van der Waals surface area contributed by atoms with Crippen molar-refractivity contribution in [3.63, 3.8) is 0 Å². The van der Waals surface area contributed by atoms with Gasteiger partial charge in [0.1, 0.15) is 11.5 Å². The van der Waals surface area contributed by atoms with Crippen molar-refractivity contribution in [3.05, 3.63) is 46.2 Å². The molecule has 0 fully saturated rings. The second-order valence-corrected chi connectivity index (χ2v) is 5.11. The maximum atomic E-state index is 12.1. The largest absolute Gasteiger partial charge is 0.512 e. The van der Waals surface area contributed by atoms with Crippen LogP contribution >= 0.6 is 11.6 Å². The molecule has 0 aliphatic heterocycles. The number of allylic oxidation sites excluding steroid dienone is 1. The van der Waals surface area contributed by atoms with Crippen LogP contribution in [0.1, 0.15) is 38.7 Å². The van der Waals surface area contributed by atoms with E-state index in [2.05, 4.69) is 0 Å². The van der Waals surface area contributed by atoms with Gasteiger partial charge in [-0.25, -0.2) is 4.79 Å². The Balaban J connectivity index is 3.36. The Bertz CT molecular complexity index is 559. The number of Topliss-reactive ketones (excluding diaryl/α,β-unsaturated/α-hetero) is 1. The van der Waals surface area contributed by atoms with E-state index in [9.17, 15) is 14.7 Å². The number of carbonyl (C=O) groups is 2. The lowest BCUT2D eigenvalue weighted by molar-refractivity contribution is -0.139. The van der Waals surface area contributed by atoms with Crippen LogP contribution in [0.5, 0.6) is 0 Å². The maximum absolute atomic E-state index is 12.1. The zero-order chi connectivity index (χ0) is 16.0. The molecule has 5 heteroatoms. The van der Waals surface area contributed by atoms with E-state index >= 15 is 0 Å². The van der Waals surface area contributed by atoms with Crippen LogP contribution in [0.3, 0.4) is 0 Å². The summed E-state index contributed by atoms with van der Waals surface area (Å²) in [6, 6.07) is 6.94. The predicted octanol–water partition coefficient (Wildman–Crippen LogP) is 3.80. The molecular weight excluding hydrogens is 292 g/mol. The first-order valence-corrected chi connectivity index (χ1v) is 7.07. The Kier molecular flexibility index (Phi) is 6.43. The van der Waals surface area contributed by atoms with Gasteiger partial charge in [0.05, 0.1) is 12.2 Å². The molecule has 21 heavy (non-hydrogen) atoms. The van der Waals surface area contributed by atoms with E-state index in [4.69, 9.17) is 16.3 Å². The van der Waals surface area contributed by atoms with E-state index in [1.165, 1.54) is 13.8 Å². The summed E-state index contributed by atoms with van der Waals surface area (Å²) in [5.74, 6) is -1.54. The van der Waals surface area contributed by atoms with Crippen molar-refractivity contribution >= 4 is 23.4 Å². The fourth-order valence-corrected chi connectivity index (χ4v) is 2.43. The van der Waals surface area contributed by atoms with Crippen LogP contribution in [0.2, 0.25) is 5.02 Å². The standard InChI is InChI=1S/C16H19ClO4/c1-4-21-16(20)15(11(3)19)13(9-10(2)18)12-7-5-6-8-14(12)17/h5-8,13,19H,4,9H2,1-3H3/b15-11-. The highest BCUT2D eigenvalue weighted by atomic mass is 35.5. The molecule has 1 aromatic rings. The number of ether oxygens (including phenoxy) is 1. The van der Waals surface area contributed by atoms with Gasteiger partial charge in [-0.1, -0.05) is 29.8 Å². The van der Waals surface area contributed by atoms with Crippen LogP contribution in [-0.4, -0.2) is 23.5 Å². The van der Waals surface area contributed by atoms with Gasteiger partial charge in [-0.3, -0.25) is 4.79 Å². The van der Waals surface area contributed by atoms with Gasteiger partial charge in [-0.05, 0) is 32.4 Å². The summed E-state index contributed by atoms with van der Waals surface area (Å²) in [4.78, 5) is 23.6. The van der Waals surface area contributed by atoms with Crippen LogP contribution in [0.25, 0.3) is 0 Å². The first-order valence-electron chi connectivity index (χ1n) is 6.69. The molecule has 0 heterocycles. The number of benzene rings is 1. The predicted molar refractivity (Wildman–Crippen MR) is 81.5 cm³/mol. The van der Waals surface area contributed by atoms with Gasteiger partial charge in [-0.15, -0.1) is 0 Å². The lowest BCUT2D eigenvalue weighted by Gasteiger charge is -2.20. The molecule has 1 aromatic carbocycles. The average Bonchev–Trinajstić information content (AvgIpc) is 2.38. The van der Waals surface area contributed by atoms with Gasteiger partial charge in [-0.2, -0.15) is 0 Å². The number of hydrogen-bond donors (Lipinski definition) is 1. The van der Waals surface area contributed by atoms with E-state index in [0.29, 0.717) is 10.6 Å². The Labute approximate surface area is 129 Å². The third-order valence-corrected chi connectivity index (χ3v) is 3.35. The number of hydrogen-bond acceptors (Lipinski definition) is 4. The van der Waals surface area contributed by atoms with Gasteiger partial charge in [0.15, 0.2) is 0 Å². The van der Waals surface area contributed by atoms with Crippen LogP contribution in [0.15, 0.2) is 35.6 Å². The highest BCUT2D eigenvalue weighted by Gasteiger charge is 2.29. The summed E-state index contributed by atoms with van der Waals surface area (Å²) in [7, 11) is 0. The summed E-state index contributed by atoms with van der Waals surface area (Å²) < 4.78 is 4.98. The molecule has 0 saturated carbocycles. The Hall–Kier alpha value is -1.81. The molecule has 1 N–H and O–H groups in total. The number of aliphatic hydroxyl groups excluding tert-OH is 1. The van der Waals surface area contributed by atoms with E-state index in [1.807, 2.05) is 0 Å². The van der Waals surface area contributed by atoms with Crippen molar-refractivity contribution in [1.29, 1.82) is 0 Å². The zero-order valence-corrected chi connectivity index (χ0v) is 13.1. The van der Waals surface area contributed by atoms with Crippen molar-refractivity contribution in [2.24, 2.45) is 0 Å². The molecule has 114 valence electrons. The third kappa shape index (κ3) is 4.60. The molecule has 4 nitrogen and oxygen atoms in total. The summed E-state index contributed by atoms with van der Waals surface area (Å²) in [6.45, 7) is 4.69. The van der Waals surface area contributed by atoms with Gasteiger partial charge in [0.2, 0.25) is 0 Å². The maximum Gasteiger partial charge on any atom is 0.338 e. The summed E-state index contributed by atoms with van der Waals surface area (Å²) in [5.41, 5.74) is 0.686. The number of aliphatic hydroxyl groups is 1. The molecule has 0 spiro atoms. The molecule has 1 rings (SSSR count). The normalized spacial score (nSPS) is 13.3. The molecule has 0 aliphatic carbocycles. The molecule has 0 radical (unpaired) electrons. The van der Waals surface area contributed by atoms with E-state index in [0.717, 1.165) is 0 Å². The number of carbonyl (C=O) groups excluding carboxylic acids is 2. The van der Waals surface area contributed by atoms with Gasteiger partial charge < -0.3 is 9.84 Å². The molecule has 0 saturated heterocycles. The smallest absolute Gasteiger partial charge is 0.338 e. The molecule has 1 unspecified atom stereocenters. The number of esters is 1. The molecule has 1 atom stereocenters. The van der Waals surface area contributed by atoms with Crippen LogP contribution in [-0.2, 0) is 14.3 Å². The van der Waals surface area contributed by atoms with Gasteiger partial charge >= 0.3 is 5.97 Å². The second kappa shape index (κ2) is 7.84. The highest BCUT2D eigenvalue weighted by Crippen LogP contribution is 2.35. The molecule has 0 amide bonds. The average molecular weight is 311 g/mol. The van der Waals surface area contributed by atoms with Crippen molar-refractivity contribution in [3.8, 4) is 0 Å². The van der Waals surface area contributed by atoms with Crippen LogP contribution < -0.4 is 0 Å². The van der Waals surface area contributed by atoms with Crippen LogP contribution in [0.4, 0.5) is 0 Å². The molecule has 0 aliphatic rings. The SMILES string of the molecule is CCOC(=O)/C(=C(/C)O)C(CC(C)=O)c1ccccc1Cl. The second-order valence-electron chi connectivity index (χ2n) is 4.70. The zero-order valence-electron chi connectivity index (χ0n) is 12.4. The number of ketones is 1. The molecule has 0 bridgehead atoms. The lowest BCUT2D eigenvalue weighted by Crippen LogP contribution is -2.19. The molecule has 0 aromatic heterocycles. The lowest BCUT2D eigenvalue weighted by atomic mass is 9.86. The highest BCUT2D eigenvalue weighted by molar-refractivity contribution is 6.31. The summed E-state index contributed by atoms with van der Waals surface area (Å²) in [6.07, 6.45) is 0.0653. The van der Waals surface area contributed by atoms with Gasteiger partial charge in [0, 0.05) is 17.4 Å². The van der Waals surface area contributed by atoms with Crippen molar-refractivity contribution in [2.75, 3.05) is 6.61 Å². The molecular formula is C16H19ClO4. The van der Waals surface area contributed by atoms with E-state index in [1.54, 1.807) is 31.2 Å². The summed E-state index contributed by atoms with van der Waals surface area (Å²) in [5, 5.41) is 10.3. The minimum absolute atomic E-state index is 0.0653. The summed E-state index contributed by atoms with van der Waals surface area (Å²) >= 11 is 6.17. The quantitative estimate of drug-likeness (QED) is 0.493. The fourth-order valence-electron chi connectivity index (χ4n) is 2.16. The minimum Gasteiger partial charge on any atom is -0.512 e. The van der Waals surface area contributed by atoms with E-state index < -0.39 is 11.9 Å². The van der Waals surface area contributed by atoms with Crippen molar-refractivity contribution in [2.45, 2.75) is 33.1 Å². The Morgan fingerprint density at radius 3 is 2.38 bits per heavy atom. The fraction of sp³-hybridized carbons (Fsp3) is 0.375. The first kappa shape index (κ1) is 17.2. The van der Waals surface area contributed by atoms with Gasteiger partial charge in [0.25, 0.3) is 0 Å². The topological polar surface area (TPSA) is 63.6 Å². The minimum atomic E-state index is -0.635. The Morgan fingerprint density at radius 2 is 1.90 bits per heavy atom. The number of halogens is 1. The van der Waals surface area contributed by atoms with Crippen LogP contribution in [0, 0.1) is 0 Å². The van der Waals surface area contributed by atoms with Crippen molar-refractivity contribution in [1.82, 2.24) is 0 Å².